The second-order valence-corrected chi connectivity index (χ2v) is 10.2. The number of carbonyl (C=O) groups excluding carboxylic acids is 1. The highest BCUT2D eigenvalue weighted by molar-refractivity contribution is 5.89. The number of fused-ring (bicyclic) bond motifs is 3. The van der Waals surface area contributed by atoms with Gasteiger partial charge >= 0.3 is 0 Å². The van der Waals surface area contributed by atoms with Crippen molar-refractivity contribution < 1.29 is 9.53 Å². The van der Waals surface area contributed by atoms with Crippen molar-refractivity contribution in [2.75, 3.05) is 13.2 Å². The van der Waals surface area contributed by atoms with E-state index in [0.717, 1.165) is 50.5 Å². The molecule has 0 N–H and O–H groups in total. The number of piperidine rings is 1. The van der Waals surface area contributed by atoms with Crippen LogP contribution in [0.25, 0.3) is 10.9 Å². The Morgan fingerprint density at radius 1 is 0.970 bits per heavy atom. The van der Waals surface area contributed by atoms with Crippen LogP contribution in [0.1, 0.15) is 49.7 Å². The van der Waals surface area contributed by atoms with Crippen LogP contribution in [0.2, 0.25) is 0 Å². The average molecular weight is 441 g/mol. The van der Waals surface area contributed by atoms with Crippen LogP contribution < -0.4 is 0 Å². The fraction of sp³-hybridized carbons (Fsp3) is 0.448. The first kappa shape index (κ1) is 20.9. The number of pyridine rings is 1. The summed E-state index contributed by atoms with van der Waals surface area (Å²) >= 11 is 0. The summed E-state index contributed by atoms with van der Waals surface area (Å²) in [5, 5.41) is 1.22. The molecule has 1 amide bonds. The third-order valence-electron chi connectivity index (χ3n) is 8.32. The van der Waals surface area contributed by atoms with Gasteiger partial charge in [0.15, 0.2) is 0 Å². The van der Waals surface area contributed by atoms with E-state index in [1.54, 1.807) is 0 Å². The molecule has 4 nitrogen and oxygen atoms in total. The van der Waals surface area contributed by atoms with Crippen LogP contribution in [0, 0.1) is 5.92 Å². The maximum atomic E-state index is 14.2. The Kier molecular flexibility index (Phi) is 5.41. The van der Waals surface area contributed by atoms with Gasteiger partial charge in [-0.1, -0.05) is 48.5 Å². The van der Waals surface area contributed by atoms with E-state index in [1.165, 1.54) is 16.5 Å². The molecule has 0 radical (unpaired) electrons. The van der Waals surface area contributed by atoms with Crippen molar-refractivity contribution in [3.63, 3.8) is 0 Å². The van der Waals surface area contributed by atoms with E-state index in [0.29, 0.717) is 37.1 Å². The first-order chi connectivity index (χ1) is 16.2. The zero-order valence-electron chi connectivity index (χ0n) is 19.2. The van der Waals surface area contributed by atoms with Gasteiger partial charge in [0.1, 0.15) is 0 Å². The molecule has 3 saturated heterocycles. The van der Waals surface area contributed by atoms with Gasteiger partial charge in [0.2, 0.25) is 5.91 Å². The second-order valence-electron chi connectivity index (χ2n) is 10.2. The number of benzene rings is 2. The average Bonchev–Trinajstić information content (AvgIpc) is 3.14. The van der Waals surface area contributed by atoms with Crippen molar-refractivity contribution in [1.82, 2.24) is 9.88 Å². The smallest absolute Gasteiger partial charge is 0.233 e. The topological polar surface area (TPSA) is 42.4 Å². The van der Waals surface area contributed by atoms with Crippen molar-refractivity contribution >= 4 is 16.8 Å². The Morgan fingerprint density at radius 2 is 1.67 bits per heavy atom. The second kappa shape index (κ2) is 8.57. The first-order valence-corrected chi connectivity index (χ1v) is 12.5. The maximum absolute atomic E-state index is 14.2. The van der Waals surface area contributed by atoms with Crippen molar-refractivity contribution in [2.24, 2.45) is 5.92 Å². The molecule has 0 spiro atoms. The van der Waals surface area contributed by atoms with Crippen molar-refractivity contribution in [3.8, 4) is 0 Å². The summed E-state index contributed by atoms with van der Waals surface area (Å²) in [4.78, 5) is 21.2. The number of aromatic nitrogens is 1. The molecule has 2 aromatic carbocycles. The molecule has 2 bridgehead atoms. The molecule has 3 aliphatic rings. The number of hydrogen-bond donors (Lipinski definition) is 0. The Labute approximate surface area is 196 Å². The number of para-hydroxylation sites is 1. The zero-order valence-corrected chi connectivity index (χ0v) is 19.2. The first-order valence-electron chi connectivity index (χ1n) is 12.5. The molecule has 0 saturated carbocycles. The number of nitrogens with zero attached hydrogens (tertiary/aromatic N) is 2. The minimum atomic E-state index is -0.421. The van der Waals surface area contributed by atoms with Crippen LogP contribution >= 0.6 is 0 Å². The number of amides is 1. The highest BCUT2D eigenvalue weighted by Gasteiger charge is 2.51. The van der Waals surface area contributed by atoms with Gasteiger partial charge in [0, 0.05) is 36.9 Å². The van der Waals surface area contributed by atoms with E-state index in [1.807, 2.05) is 18.3 Å². The molecule has 3 aliphatic heterocycles. The molecule has 2 atom stereocenters. The van der Waals surface area contributed by atoms with Gasteiger partial charge in [-0.25, -0.2) is 0 Å². The van der Waals surface area contributed by atoms with E-state index in [2.05, 4.69) is 58.4 Å². The van der Waals surface area contributed by atoms with E-state index < -0.39 is 5.41 Å². The molecule has 4 heteroatoms. The van der Waals surface area contributed by atoms with Crippen LogP contribution in [0.5, 0.6) is 0 Å². The van der Waals surface area contributed by atoms with Crippen molar-refractivity contribution in [2.45, 2.75) is 62.4 Å². The molecular formula is C29H32N2O2. The summed E-state index contributed by atoms with van der Waals surface area (Å²) in [6.07, 6.45) is 9.19. The molecule has 170 valence electrons. The third-order valence-corrected chi connectivity index (χ3v) is 8.32. The lowest BCUT2D eigenvalue weighted by atomic mass is 9.72. The molecule has 2 unspecified atom stereocenters. The molecule has 0 aliphatic carbocycles. The Bertz CT molecular complexity index is 1120. The van der Waals surface area contributed by atoms with Crippen LogP contribution in [0.4, 0.5) is 0 Å². The highest BCUT2D eigenvalue weighted by Crippen LogP contribution is 2.45. The zero-order chi connectivity index (χ0) is 22.3. The summed E-state index contributed by atoms with van der Waals surface area (Å²) in [6, 6.07) is 21.8. The molecule has 33 heavy (non-hydrogen) atoms. The molecular weight excluding hydrogens is 408 g/mol. The molecule has 4 heterocycles. The molecule has 3 aromatic rings. The summed E-state index contributed by atoms with van der Waals surface area (Å²) in [6.45, 7) is 1.34. The van der Waals surface area contributed by atoms with E-state index in [-0.39, 0.29) is 0 Å². The quantitative estimate of drug-likeness (QED) is 0.553. The Morgan fingerprint density at radius 3 is 2.42 bits per heavy atom. The Balaban J connectivity index is 1.22. The van der Waals surface area contributed by atoms with E-state index >= 15 is 0 Å². The van der Waals surface area contributed by atoms with Gasteiger partial charge in [0.25, 0.3) is 0 Å². The monoisotopic (exact) mass is 440 g/mol. The number of carbonyl (C=O) groups is 1. The van der Waals surface area contributed by atoms with Crippen LogP contribution in [0.3, 0.4) is 0 Å². The van der Waals surface area contributed by atoms with Gasteiger partial charge in [-0.3, -0.25) is 9.78 Å². The lowest BCUT2D eigenvalue weighted by Gasteiger charge is -2.46. The van der Waals surface area contributed by atoms with Crippen molar-refractivity contribution in [1.29, 1.82) is 0 Å². The third kappa shape index (κ3) is 3.74. The largest absolute Gasteiger partial charge is 0.381 e. The van der Waals surface area contributed by atoms with Crippen LogP contribution in [0.15, 0.2) is 66.9 Å². The van der Waals surface area contributed by atoms with E-state index in [9.17, 15) is 4.79 Å². The number of rotatable bonds is 4. The van der Waals surface area contributed by atoms with Gasteiger partial charge in [0.05, 0.1) is 10.9 Å². The SMILES string of the molecule is O=C(N1C2CCC1CC(Cc1cnc3ccccc3c1)C2)C1(c2ccccc2)CCOCC1. The van der Waals surface area contributed by atoms with Gasteiger partial charge in [-0.15, -0.1) is 0 Å². The lowest BCUT2D eigenvalue weighted by molar-refractivity contribution is -0.146. The summed E-state index contributed by atoms with van der Waals surface area (Å²) in [7, 11) is 0. The summed E-state index contributed by atoms with van der Waals surface area (Å²) < 4.78 is 5.69. The standard InChI is InChI=1S/C29H32N2O2/c32-28(29(12-14-33-15-13-29)24-7-2-1-3-8-24)31-25-10-11-26(31)19-21(18-25)16-22-17-23-6-4-5-9-27(23)30-20-22/h1-9,17,20-21,25-26H,10-16,18-19H2. The maximum Gasteiger partial charge on any atom is 0.233 e. The molecule has 3 fully saturated rings. The minimum Gasteiger partial charge on any atom is -0.381 e. The van der Waals surface area contributed by atoms with Crippen molar-refractivity contribution in [3.05, 3.63) is 78.0 Å². The highest BCUT2D eigenvalue weighted by atomic mass is 16.5. The molecule has 6 rings (SSSR count). The number of hydrogen-bond acceptors (Lipinski definition) is 3. The van der Waals surface area contributed by atoms with Gasteiger partial charge in [-0.2, -0.15) is 0 Å². The summed E-state index contributed by atoms with van der Waals surface area (Å²) in [5.41, 5.74) is 3.13. The Hall–Kier alpha value is -2.72. The fourth-order valence-corrected chi connectivity index (χ4v) is 6.70. The molecule has 1 aromatic heterocycles. The minimum absolute atomic E-state index is 0.357. The lowest BCUT2D eigenvalue weighted by Crippen LogP contribution is -2.56. The normalized spacial score (nSPS) is 26.4. The van der Waals surface area contributed by atoms with Gasteiger partial charge < -0.3 is 9.64 Å². The predicted octanol–water partition coefficient (Wildman–Crippen LogP) is 5.30. The summed E-state index contributed by atoms with van der Waals surface area (Å²) in [5.74, 6) is 0.979. The number of ether oxygens (including phenoxy) is 1. The van der Waals surface area contributed by atoms with E-state index in [4.69, 9.17) is 4.74 Å². The van der Waals surface area contributed by atoms with Crippen LogP contribution in [-0.4, -0.2) is 41.1 Å². The van der Waals surface area contributed by atoms with Crippen LogP contribution in [-0.2, 0) is 21.4 Å². The predicted molar refractivity (Wildman–Crippen MR) is 130 cm³/mol. The van der Waals surface area contributed by atoms with Gasteiger partial charge in [-0.05, 0) is 74.1 Å². The fourth-order valence-electron chi connectivity index (χ4n) is 6.70.